The Hall–Kier alpha value is -1.10. The van der Waals surface area contributed by atoms with Crippen molar-refractivity contribution in [2.75, 3.05) is 13.1 Å². The van der Waals surface area contributed by atoms with Gasteiger partial charge in [0.05, 0.1) is 6.42 Å². The van der Waals surface area contributed by atoms with E-state index in [0.717, 1.165) is 12.8 Å². The van der Waals surface area contributed by atoms with Crippen molar-refractivity contribution in [1.82, 2.24) is 4.90 Å². The number of hydrogen-bond donors (Lipinski definition) is 2. The van der Waals surface area contributed by atoms with E-state index < -0.39 is 5.97 Å². The van der Waals surface area contributed by atoms with Crippen LogP contribution in [0, 0.1) is 0 Å². The second-order valence-corrected chi connectivity index (χ2v) is 4.07. The quantitative estimate of drug-likeness (QED) is 0.605. The van der Waals surface area contributed by atoms with Crippen molar-refractivity contribution in [2.45, 2.75) is 45.6 Å². The van der Waals surface area contributed by atoms with Gasteiger partial charge in [-0.25, -0.2) is 0 Å². The van der Waals surface area contributed by atoms with Crippen LogP contribution in [-0.2, 0) is 9.59 Å². The third-order valence-electron chi connectivity index (χ3n) is 2.36. The summed E-state index contributed by atoms with van der Waals surface area (Å²) >= 11 is 0. The zero-order valence-electron chi connectivity index (χ0n) is 10.1. The van der Waals surface area contributed by atoms with Gasteiger partial charge < -0.3 is 15.7 Å². The number of carboxylic acid groups (broad SMARTS) is 1. The first-order chi connectivity index (χ1) is 7.49. The number of rotatable bonds is 8. The largest absolute Gasteiger partial charge is 0.481 e. The van der Waals surface area contributed by atoms with Crippen LogP contribution in [0.25, 0.3) is 0 Å². The van der Waals surface area contributed by atoms with Crippen molar-refractivity contribution in [3.05, 3.63) is 0 Å². The third kappa shape index (κ3) is 6.40. The van der Waals surface area contributed by atoms with Crippen LogP contribution in [0.3, 0.4) is 0 Å². The standard InChI is InChI=1S/C11H22N2O3/c1-9(2)13(8-6-11(15)16)10(14)5-3-4-7-12/h9H,3-8,12H2,1-2H3,(H,15,16). The molecule has 0 radical (unpaired) electrons. The van der Waals surface area contributed by atoms with E-state index in [0.29, 0.717) is 13.0 Å². The number of nitrogens with zero attached hydrogens (tertiary/aromatic N) is 1. The van der Waals surface area contributed by atoms with Crippen molar-refractivity contribution in [1.29, 1.82) is 0 Å². The highest BCUT2D eigenvalue weighted by Gasteiger charge is 2.16. The van der Waals surface area contributed by atoms with Gasteiger partial charge in [-0.3, -0.25) is 9.59 Å². The Morgan fingerprint density at radius 3 is 2.31 bits per heavy atom. The molecule has 3 N–H and O–H groups in total. The predicted molar refractivity (Wildman–Crippen MR) is 62.0 cm³/mol. The van der Waals surface area contributed by atoms with Crippen LogP contribution in [0.15, 0.2) is 0 Å². The Morgan fingerprint density at radius 2 is 1.88 bits per heavy atom. The summed E-state index contributed by atoms with van der Waals surface area (Å²) in [6, 6.07) is 0.0460. The number of unbranched alkanes of at least 4 members (excludes halogenated alkanes) is 1. The van der Waals surface area contributed by atoms with Gasteiger partial charge in [0.1, 0.15) is 0 Å². The summed E-state index contributed by atoms with van der Waals surface area (Å²) in [6.45, 7) is 4.66. The summed E-state index contributed by atoms with van der Waals surface area (Å²) in [5, 5.41) is 8.59. The van der Waals surface area contributed by atoms with Crippen LogP contribution in [0.4, 0.5) is 0 Å². The molecule has 0 aromatic heterocycles. The number of carboxylic acids is 1. The molecule has 1 amide bonds. The topological polar surface area (TPSA) is 83.6 Å². The SMILES string of the molecule is CC(C)N(CCC(=O)O)C(=O)CCCCN. The molecule has 0 aromatic rings. The van der Waals surface area contributed by atoms with E-state index in [2.05, 4.69) is 0 Å². The molecule has 0 rings (SSSR count). The molecule has 16 heavy (non-hydrogen) atoms. The molecule has 0 unspecified atom stereocenters. The van der Waals surface area contributed by atoms with Gasteiger partial charge >= 0.3 is 5.97 Å². The number of aliphatic carboxylic acids is 1. The van der Waals surface area contributed by atoms with Gasteiger partial charge in [-0.05, 0) is 33.2 Å². The van der Waals surface area contributed by atoms with Crippen LogP contribution in [-0.4, -0.2) is 41.0 Å². The molecule has 0 aromatic carbocycles. The molecule has 0 saturated heterocycles. The van der Waals surface area contributed by atoms with Crippen molar-refractivity contribution in [3.8, 4) is 0 Å². The molecule has 0 heterocycles. The fourth-order valence-corrected chi connectivity index (χ4v) is 1.45. The molecule has 0 aliphatic carbocycles. The minimum atomic E-state index is -0.875. The number of nitrogens with two attached hydrogens (primary N) is 1. The average molecular weight is 230 g/mol. The van der Waals surface area contributed by atoms with Crippen molar-refractivity contribution < 1.29 is 14.7 Å². The molecule has 0 saturated carbocycles. The van der Waals surface area contributed by atoms with Crippen LogP contribution in [0.5, 0.6) is 0 Å². The van der Waals surface area contributed by atoms with E-state index >= 15 is 0 Å². The Kier molecular flexibility index (Phi) is 7.54. The monoisotopic (exact) mass is 230 g/mol. The summed E-state index contributed by atoms with van der Waals surface area (Å²) < 4.78 is 0. The molecule has 0 atom stereocenters. The lowest BCUT2D eigenvalue weighted by molar-refractivity contribution is -0.139. The van der Waals surface area contributed by atoms with Crippen LogP contribution in [0.2, 0.25) is 0 Å². The lowest BCUT2D eigenvalue weighted by Crippen LogP contribution is -2.38. The summed E-state index contributed by atoms with van der Waals surface area (Å²) in [7, 11) is 0. The van der Waals surface area contributed by atoms with E-state index in [-0.39, 0.29) is 24.9 Å². The van der Waals surface area contributed by atoms with Crippen LogP contribution in [0.1, 0.15) is 39.5 Å². The highest BCUT2D eigenvalue weighted by Crippen LogP contribution is 2.06. The first kappa shape index (κ1) is 14.9. The highest BCUT2D eigenvalue weighted by molar-refractivity contribution is 5.77. The molecule has 0 aliphatic heterocycles. The molecule has 5 nitrogen and oxygen atoms in total. The maximum atomic E-state index is 11.8. The summed E-state index contributed by atoms with van der Waals surface area (Å²) in [6.07, 6.45) is 2.05. The zero-order valence-corrected chi connectivity index (χ0v) is 10.1. The zero-order chi connectivity index (χ0) is 12.6. The van der Waals surface area contributed by atoms with Crippen molar-refractivity contribution in [2.24, 2.45) is 5.73 Å². The van der Waals surface area contributed by atoms with E-state index in [1.807, 2.05) is 13.8 Å². The second-order valence-electron chi connectivity index (χ2n) is 4.07. The molecular formula is C11H22N2O3. The number of hydrogen-bond acceptors (Lipinski definition) is 3. The summed E-state index contributed by atoms with van der Waals surface area (Å²) in [5.74, 6) is -0.856. The summed E-state index contributed by atoms with van der Waals surface area (Å²) in [4.78, 5) is 23.8. The van der Waals surface area contributed by atoms with Crippen LogP contribution >= 0.6 is 0 Å². The maximum Gasteiger partial charge on any atom is 0.305 e. The Bertz CT molecular complexity index is 229. The Balaban J connectivity index is 4.08. The fourth-order valence-electron chi connectivity index (χ4n) is 1.45. The number of amides is 1. The van der Waals surface area contributed by atoms with Gasteiger partial charge in [0.2, 0.25) is 5.91 Å². The maximum absolute atomic E-state index is 11.8. The van der Waals surface area contributed by atoms with Gasteiger partial charge in [0.25, 0.3) is 0 Å². The minimum Gasteiger partial charge on any atom is -0.481 e. The molecular weight excluding hydrogens is 208 g/mol. The highest BCUT2D eigenvalue weighted by atomic mass is 16.4. The predicted octanol–water partition coefficient (Wildman–Crippen LogP) is 0.827. The lowest BCUT2D eigenvalue weighted by atomic mass is 10.2. The number of carbonyl (C=O) groups is 2. The molecule has 0 fully saturated rings. The number of carbonyl (C=O) groups excluding carboxylic acids is 1. The van der Waals surface area contributed by atoms with E-state index in [1.54, 1.807) is 4.90 Å². The third-order valence-corrected chi connectivity index (χ3v) is 2.36. The normalized spacial score (nSPS) is 10.5. The molecule has 5 heteroatoms. The van der Waals surface area contributed by atoms with Gasteiger partial charge in [-0.15, -0.1) is 0 Å². The minimum absolute atomic E-state index is 0.000802. The smallest absolute Gasteiger partial charge is 0.305 e. The second kappa shape index (κ2) is 8.10. The first-order valence-electron chi connectivity index (χ1n) is 5.70. The van der Waals surface area contributed by atoms with Crippen molar-refractivity contribution in [3.63, 3.8) is 0 Å². The van der Waals surface area contributed by atoms with Gasteiger partial charge in [-0.1, -0.05) is 0 Å². The van der Waals surface area contributed by atoms with E-state index in [9.17, 15) is 9.59 Å². The Labute approximate surface area is 96.6 Å². The van der Waals surface area contributed by atoms with E-state index in [1.165, 1.54) is 0 Å². The first-order valence-corrected chi connectivity index (χ1v) is 5.70. The van der Waals surface area contributed by atoms with Gasteiger partial charge in [-0.2, -0.15) is 0 Å². The average Bonchev–Trinajstić information content (AvgIpc) is 2.17. The molecule has 94 valence electrons. The van der Waals surface area contributed by atoms with Crippen LogP contribution < -0.4 is 5.73 Å². The molecule has 0 aliphatic rings. The molecule has 0 spiro atoms. The van der Waals surface area contributed by atoms with E-state index in [4.69, 9.17) is 10.8 Å². The van der Waals surface area contributed by atoms with Crippen molar-refractivity contribution >= 4 is 11.9 Å². The lowest BCUT2D eigenvalue weighted by Gasteiger charge is -2.26. The Morgan fingerprint density at radius 1 is 1.25 bits per heavy atom. The van der Waals surface area contributed by atoms with Gasteiger partial charge in [0, 0.05) is 19.0 Å². The molecule has 0 bridgehead atoms. The summed E-state index contributed by atoms with van der Waals surface area (Å²) in [5.41, 5.74) is 5.35. The van der Waals surface area contributed by atoms with Gasteiger partial charge in [0.15, 0.2) is 0 Å². The fraction of sp³-hybridized carbons (Fsp3) is 0.818.